The maximum absolute atomic E-state index is 4.37. The molecule has 0 saturated carbocycles. The fourth-order valence-corrected chi connectivity index (χ4v) is 2.44. The summed E-state index contributed by atoms with van der Waals surface area (Å²) in [5, 5.41) is 0. The van der Waals surface area contributed by atoms with Crippen molar-refractivity contribution in [1.82, 2.24) is 19.4 Å². The second-order valence-electron chi connectivity index (χ2n) is 4.24. The van der Waals surface area contributed by atoms with E-state index >= 15 is 0 Å². The van der Waals surface area contributed by atoms with E-state index in [2.05, 4.69) is 60.4 Å². The number of fused-ring (bicyclic) bond motifs is 1. The lowest BCUT2D eigenvalue weighted by atomic mass is 10.2. The van der Waals surface area contributed by atoms with Gasteiger partial charge in [-0.3, -0.25) is 9.88 Å². The van der Waals surface area contributed by atoms with E-state index in [1.54, 1.807) is 0 Å². The second kappa shape index (κ2) is 4.73. The van der Waals surface area contributed by atoms with Crippen molar-refractivity contribution in [2.45, 2.75) is 19.6 Å². The molecule has 0 aromatic carbocycles. The summed E-state index contributed by atoms with van der Waals surface area (Å²) in [6.07, 6.45) is 5.90. The Labute approximate surface area is 114 Å². The van der Waals surface area contributed by atoms with Crippen LogP contribution in [0.5, 0.6) is 0 Å². The maximum atomic E-state index is 4.37. The van der Waals surface area contributed by atoms with Gasteiger partial charge in [-0.15, -0.1) is 0 Å². The van der Waals surface area contributed by atoms with Crippen LogP contribution in [0.1, 0.15) is 11.4 Å². The monoisotopic (exact) mass is 340 g/mol. The molecule has 0 saturated heterocycles. The van der Waals surface area contributed by atoms with Gasteiger partial charge in [0.05, 0.1) is 6.54 Å². The van der Waals surface area contributed by atoms with Crippen LogP contribution < -0.4 is 0 Å². The molecule has 0 fully saturated rings. The highest BCUT2D eigenvalue weighted by molar-refractivity contribution is 14.1. The zero-order valence-electron chi connectivity index (χ0n) is 9.38. The molecule has 1 aliphatic rings. The third-order valence-corrected chi connectivity index (χ3v) is 3.66. The third kappa shape index (κ3) is 2.50. The van der Waals surface area contributed by atoms with Gasteiger partial charge < -0.3 is 4.57 Å². The molecule has 0 amide bonds. The smallest absolute Gasteiger partial charge is 0.122 e. The Balaban J connectivity index is 1.69. The van der Waals surface area contributed by atoms with E-state index in [0.717, 1.165) is 35.7 Å². The molecule has 2 aromatic rings. The van der Waals surface area contributed by atoms with Gasteiger partial charge in [-0.1, -0.05) is 6.07 Å². The average molecular weight is 340 g/mol. The topological polar surface area (TPSA) is 34.0 Å². The Morgan fingerprint density at radius 3 is 3.00 bits per heavy atom. The maximum Gasteiger partial charge on any atom is 0.122 e. The first-order valence-corrected chi connectivity index (χ1v) is 6.72. The normalized spacial score (nSPS) is 15.8. The SMILES string of the molecule is Ic1ccc(CN2CCn3ccnc3C2)cn1. The highest BCUT2D eigenvalue weighted by Gasteiger charge is 2.16. The zero-order chi connectivity index (χ0) is 11.7. The summed E-state index contributed by atoms with van der Waals surface area (Å²) >= 11 is 2.23. The van der Waals surface area contributed by atoms with E-state index in [4.69, 9.17) is 0 Å². The van der Waals surface area contributed by atoms with Gasteiger partial charge in [0.25, 0.3) is 0 Å². The largest absolute Gasteiger partial charge is 0.333 e. The number of pyridine rings is 1. The van der Waals surface area contributed by atoms with Gasteiger partial charge in [-0.05, 0) is 34.2 Å². The fraction of sp³-hybridized carbons (Fsp3) is 0.333. The van der Waals surface area contributed by atoms with Gasteiger partial charge in [0, 0.05) is 38.2 Å². The van der Waals surface area contributed by atoms with Crippen LogP contribution in [-0.2, 0) is 19.6 Å². The van der Waals surface area contributed by atoms with E-state index in [1.165, 1.54) is 5.56 Å². The van der Waals surface area contributed by atoms with Gasteiger partial charge >= 0.3 is 0 Å². The summed E-state index contributed by atoms with van der Waals surface area (Å²) in [6.45, 7) is 4.00. The van der Waals surface area contributed by atoms with Crippen LogP contribution in [-0.4, -0.2) is 26.0 Å². The molecule has 0 atom stereocenters. The summed E-state index contributed by atoms with van der Waals surface area (Å²) in [6, 6.07) is 4.21. The first-order chi connectivity index (χ1) is 8.31. The summed E-state index contributed by atoms with van der Waals surface area (Å²) < 4.78 is 3.27. The molecule has 17 heavy (non-hydrogen) atoms. The lowest BCUT2D eigenvalue weighted by Gasteiger charge is -2.27. The Morgan fingerprint density at radius 2 is 2.18 bits per heavy atom. The van der Waals surface area contributed by atoms with Gasteiger partial charge in [0.1, 0.15) is 9.53 Å². The van der Waals surface area contributed by atoms with Crippen molar-refractivity contribution in [3.05, 3.63) is 45.8 Å². The quantitative estimate of drug-likeness (QED) is 0.619. The van der Waals surface area contributed by atoms with Crippen LogP contribution in [0.4, 0.5) is 0 Å². The van der Waals surface area contributed by atoms with Crippen molar-refractivity contribution in [1.29, 1.82) is 0 Å². The van der Waals surface area contributed by atoms with Crippen molar-refractivity contribution < 1.29 is 0 Å². The molecule has 0 spiro atoms. The summed E-state index contributed by atoms with van der Waals surface area (Å²) in [4.78, 5) is 11.1. The standard InChI is InChI=1S/C12H13IN4/c13-11-2-1-10(7-15-11)8-16-5-6-17-4-3-14-12(17)9-16/h1-4,7H,5-6,8-9H2. The minimum Gasteiger partial charge on any atom is -0.333 e. The van der Waals surface area contributed by atoms with E-state index in [-0.39, 0.29) is 0 Å². The van der Waals surface area contributed by atoms with Gasteiger partial charge in [-0.25, -0.2) is 4.98 Å². The lowest BCUT2D eigenvalue weighted by molar-refractivity contribution is 0.208. The predicted octanol–water partition coefficient (Wildman–Crippen LogP) is 1.90. The summed E-state index contributed by atoms with van der Waals surface area (Å²) in [5.74, 6) is 1.16. The summed E-state index contributed by atoms with van der Waals surface area (Å²) in [7, 11) is 0. The van der Waals surface area contributed by atoms with Crippen LogP contribution in [0.3, 0.4) is 0 Å². The minimum atomic E-state index is 0.930. The second-order valence-corrected chi connectivity index (χ2v) is 5.34. The predicted molar refractivity (Wildman–Crippen MR) is 73.3 cm³/mol. The van der Waals surface area contributed by atoms with Gasteiger partial charge in [0.15, 0.2) is 0 Å². The molecular formula is C12H13IN4. The first-order valence-electron chi connectivity index (χ1n) is 5.64. The van der Waals surface area contributed by atoms with Crippen LogP contribution in [0.2, 0.25) is 0 Å². The minimum absolute atomic E-state index is 0.930. The van der Waals surface area contributed by atoms with E-state index in [0.29, 0.717) is 0 Å². The van der Waals surface area contributed by atoms with Crippen molar-refractivity contribution in [2.24, 2.45) is 0 Å². The molecule has 88 valence electrons. The molecule has 4 nitrogen and oxygen atoms in total. The van der Waals surface area contributed by atoms with Crippen molar-refractivity contribution in [2.75, 3.05) is 6.54 Å². The number of rotatable bonds is 2. The van der Waals surface area contributed by atoms with Gasteiger partial charge in [-0.2, -0.15) is 0 Å². The van der Waals surface area contributed by atoms with Crippen LogP contribution in [0.25, 0.3) is 0 Å². The molecule has 0 bridgehead atoms. The first kappa shape index (κ1) is 11.2. The van der Waals surface area contributed by atoms with Crippen molar-refractivity contribution in [3.63, 3.8) is 0 Å². The van der Waals surface area contributed by atoms with Crippen LogP contribution in [0.15, 0.2) is 30.7 Å². The lowest BCUT2D eigenvalue weighted by Crippen LogP contribution is -2.33. The van der Waals surface area contributed by atoms with Crippen LogP contribution in [0, 0.1) is 3.70 Å². The number of aromatic nitrogens is 3. The van der Waals surface area contributed by atoms with Crippen LogP contribution >= 0.6 is 22.6 Å². The van der Waals surface area contributed by atoms with E-state index < -0.39 is 0 Å². The molecule has 0 radical (unpaired) electrons. The number of hydrogen-bond acceptors (Lipinski definition) is 3. The molecule has 3 heterocycles. The zero-order valence-corrected chi connectivity index (χ0v) is 11.5. The summed E-state index contributed by atoms with van der Waals surface area (Å²) in [5.41, 5.74) is 1.27. The number of hydrogen-bond donors (Lipinski definition) is 0. The molecule has 1 aliphatic heterocycles. The molecule has 0 unspecified atom stereocenters. The fourth-order valence-electron chi connectivity index (χ4n) is 2.12. The molecular weight excluding hydrogens is 327 g/mol. The van der Waals surface area contributed by atoms with E-state index in [9.17, 15) is 0 Å². The highest BCUT2D eigenvalue weighted by atomic mass is 127. The Hall–Kier alpha value is -0.950. The molecule has 3 rings (SSSR count). The van der Waals surface area contributed by atoms with Crippen molar-refractivity contribution in [3.8, 4) is 0 Å². The van der Waals surface area contributed by atoms with Gasteiger partial charge in [0.2, 0.25) is 0 Å². The number of halogens is 1. The number of imidazole rings is 1. The number of nitrogens with zero attached hydrogens (tertiary/aromatic N) is 4. The molecule has 5 heteroatoms. The Bertz CT molecular complexity index is 505. The van der Waals surface area contributed by atoms with Crippen molar-refractivity contribution >= 4 is 22.6 Å². The third-order valence-electron chi connectivity index (χ3n) is 3.02. The Kier molecular flexibility index (Phi) is 3.11. The average Bonchev–Trinajstić information content (AvgIpc) is 2.79. The molecule has 0 N–H and O–H groups in total. The Morgan fingerprint density at radius 1 is 1.24 bits per heavy atom. The molecule has 0 aliphatic carbocycles. The van der Waals surface area contributed by atoms with E-state index in [1.807, 2.05) is 12.4 Å². The molecule has 2 aromatic heterocycles. The highest BCUT2D eigenvalue weighted by Crippen LogP contribution is 2.13.